The summed E-state index contributed by atoms with van der Waals surface area (Å²) < 4.78 is 16.7. The molecule has 0 bridgehead atoms. The van der Waals surface area contributed by atoms with Gasteiger partial charge in [0.2, 0.25) is 0 Å². The van der Waals surface area contributed by atoms with Gasteiger partial charge in [-0.25, -0.2) is 0 Å². The quantitative estimate of drug-likeness (QED) is 0.0361. The Morgan fingerprint density at radius 2 is 0.760 bits per heavy atom. The van der Waals surface area contributed by atoms with Crippen molar-refractivity contribution in [2.45, 2.75) is 240 Å². The van der Waals surface area contributed by atoms with Gasteiger partial charge in [0, 0.05) is 19.3 Å². The van der Waals surface area contributed by atoms with Crippen molar-refractivity contribution in [3.63, 3.8) is 0 Å². The van der Waals surface area contributed by atoms with Crippen LogP contribution in [0, 0.1) is 11.8 Å². The number of hydrogen-bond donors (Lipinski definition) is 0. The molecular formula is C44H84O6. The average Bonchev–Trinajstić information content (AvgIpc) is 3.09. The van der Waals surface area contributed by atoms with Gasteiger partial charge < -0.3 is 14.2 Å². The summed E-state index contributed by atoms with van der Waals surface area (Å²) >= 11 is 0. The summed E-state index contributed by atoms with van der Waals surface area (Å²) in [5, 5.41) is 0. The van der Waals surface area contributed by atoms with Gasteiger partial charge in [0.05, 0.1) is 0 Å². The van der Waals surface area contributed by atoms with Crippen LogP contribution in [0.5, 0.6) is 0 Å². The second-order valence-electron chi connectivity index (χ2n) is 15.7. The summed E-state index contributed by atoms with van der Waals surface area (Å²) in [5.41, 5.74) is 0. The summed E-state index contributed by atoms with van der Waals surface area (Å²) in [6.45, 7) is 11.3. The first kappa shape index (κ1) is 48.4. The molecule has 6 heteroatoms. The molecule has 0 amide bonds. The fourth-order valence-electron chi connectivity index (χ4n) is 6.37. The van der Waals surface area contributed by atoms with Gasteiger partial charge in [0.1, 0.15) is 13.2 Å². The summed E-state index contributed by atoms with van der Waals surface area (Å²) in [7, 11) is 0. The van der Waals surface area contributed by atoms with Crippen molar-refractivity contribution < 1.29 is 28.6 Å². The molecule has 0 aromatic carbocycles. The third-order valence-electron chi connectivity index (χ3n) is 10.1. The molecule has 0 fully saturated rings. The van der Waals surface area contributed by atoms with Gasteiger partial charge in [-0.2, -0.15) is 0 Å². The summed E-state index contributed by atoms with van der Waals surface area (Å²) in [4.78, 5) is 37.6. The Labute approximate surface area is 310 Å². The van der Waals surface area contributed by atoms with E-state index in [-0.39, 0.29) is 31.1 Å². The average molecular weight is 709 g/mol. The van der Waals surface area contributed by atoms with Crippen LogP contribution >= 0.6 is 0 Å². The highest BCUT2D eigenvalue weighted by Gasteiger charge is 2.19. The van der Waals surface area contributed by atoms with Gasteiger partial charge in [-0.05, 0) is 31.1 Å². The zero-order valence-corrected chi connectivity index (χ0v) is 34.0. The van der Waals surface area contributed by atoms with E-state index in [4.69, 9.17) is 14.2 Å². The number of rotatable bonds is 38. The highest BCUT2D eigenvalue weighted by atomic mass is 16.6. The van der Waals surface area contributed by atoms with E-state index in [0.717, 1.165) is 69.6 Å². The van der Waals surface area contributed by atoms with Crippen LogP contribution in [0.15, 0.2) is 0 Å². The lowest BCUT2D eigenvalue weighted by molar-refractivity contribution is -0.167. The minimum absolute atomic E-state index is 0.0660. The highest BCUT2D eigenvalue weighted by Crippen LogP contribution is 2.17. The van der Waals surface area contributed by atoms with Crippen molar-refractivity contribution in [1.82, 2.24) is 0 Å². The Balaban J connectivity index is 4.35. The van der Waals surface area contributed by atoms with Crippen LogP contribution in [0.4, 0.5) is 0 Å². The lowest BCUT2D eigenvalue weighted by Gasteiger charge is -2.18. The summed E-state index contributed by atoms with van der Waals surface area (Å²) in [6.07, 6.45) is 33.7. The Morgan fingerprint density at radius 3 is 1.14 bits per heavy atom. The second-order valence-corrected chi connectivity index (χ2v) is 15.7. The molecule has 0 spiro atoms. The van der Waals surface area contributed by atoms with Crippen LogP contribution < -0.4 is 0 Å². The van der Waals surface area contributed by atoms with Crippen LogP contribution in [-0.2, 0) is 28.6 Å². The van der Waals surface area contributed by atoms with Crippen LogP contribution in [0.25, 0.3) is 0 Å². The molecule has 6 nitrogen and oxygen atoms in total. The maximum atomic E-state index is 12.7. The van der Waals surface area contributed by atoms with Crippen molar-refractivity contribution in [2.24, 2.45) is 11.8 Å². The first-order valence-corrected chi connectivity index (χ1v) is 21.8. The maximum Gasteiger partial charge on any atom is 0.306 e. The number of unbranched alkanes of at least 4 members (excludes halogenated alkanes) is 22. The van der Waals surface area contributed by atoms with Gasteiger partial charge >= 0.3 is 17.9 Å². The molecule has 0 aromatic rings. The highest BCUT2D eigenvalue weighted by molar-refractivity contribution is 5.71. The molecule has 2 atom stereocenters. The minimum Gasteiger partial charge on any atom is -0.462 e. The molecule has 0 aliphatic rings. The minimum atomic E-state index is -0.760. The molecule has 0 aliphatic carbocycles. The van der Waals surface area contributed by atoms with Gasteiger partial charge in [-0.3, -0.25) is 14.4 Å². The second kappa shape index (κ2) is 37.2. The van der Waals surface area contributed by atoms with E-state index in [2.05, 4.69) is 34.6 Å². The number of ether oxygens (including phenoxy) is 3. The zero-order valence-electron chi connectivity index (χ0n) is 34.0. The lowest BCUT2D eigenvalue weighted by atomic mass is 9.99. The smallest absolute Gasteiger partial charge is 0.306 e. The summed E-state index contributed by atoms with van der Waals surface area (Å²) in [6, 6.07) is 0. The van der Waals surface area contributed by atoms with E-state index in [0.29, 0.717) is 19.3 Å². The molecule has 50 heavy (non-hydrogen) atoms. The van der Waals surface area contributed by atoms with Crippen molar-refractivity contribution >= 4 is 17.9 Å². The number of carbonyl (C=O) groups excluding carboxylic acids is 3. The Morgan fingerprint density at radius 1 is 0.420 bits per heavy atom. The van der Waals surface area contributed by atoms with Crippen molar-refractivity contribution in [1.29, 1.82) is 0 Å². The largest absolute Gasteiger partial charge is 0.462 e. The third-order valence-corrected chi connectivity index (χ3v) is 10.1. The molecule has 0 rings (SSSR count). The molecule has 0 aliphatic heterocycles. The fourth-order valence-corrected chi connectivity index (χ4v) is 6.37. The van der Waals surface area contributed by atoms with Crippen molar-refractivity contribution in [3.05, 3.63) is 0 Å². The first-order valence-electron chi connectivity index (χ1n) is 21.8. The van der Waals surface area contributed by atoms with Gasteiger partial charge in [0.25, 0.3) is 0 Å². The standard InChI is InChI=1S/C44H84O6/c1-6-8-9-10-11-12-19-24-29-34-42(45)48-37-41(50-44(47)36-31-26-21-15-13-17-22-27-32-39(3)4)38-49-43(46)35-30-25-20-16-14-18-23-28-33-40(5)7-2/h39-41H,6-38H2,1-5H3/t40?,41-/m1/s1. The van der Waals surface area contributed by atoms with Crippen LogP contribution in [-0.4, -0.2) is 37.2 Å². The van der Waals surface area contributed by atoms with Gasteiger partial charge in [-0.15, -0.1) is 0 Å². The van der Waals surface area contributed by atoms with Crippen molar-refractivity contribution in [3.8, 4) is 0 Å². The molecule has 296 valence electrons. The molecule has 0 saturated heterocycles. The molecule has 0 heterocycles. The van der Waals surface area contributed by atoms with E-state index in [1.54, 1.807) is 0 Å². The zero-order chi connectivity index (χ0) is 36.9. The van der Waals surface area contributed by atoms with E-state index in [9.17, 15) is 14.4 Å². The summed E-state index contributed by atoms with van der Waals surface area (Å²) in [5.74, 6) is 0.776. The molecular weight excluding hydrogens is 624 g/mol. The topological polar surface area (TPSA) is 78.9 Å². The van der Waals surface area contributed by atoms with Crippen LogP contribution in [0.1, 0.15) is 234 Å². The molecule has 1 unspecified atom stereocenters. The fraction of sp³-hybridized carbons (Fsp3) is 0.932. The van der Waals surface area contributed by atoms with Crippen LogP contribution in [0.3, 0.4) is 0 Å². The number of carbonyl (C=O) groups is 3. The predicted octanol–water partition coefficient (Wildman–Crippen LogP) is 13.4. The van der Waals surface area contributed by atoms with E-state index < -0.39 is 6.10 Å². The third kappa shape index (κ3) is 36.2. The Hall–Kier alpha value is -1.59. The lowest BCUT2D eigenvalue weighted by Crippen LogP contribution is -2.30. The Bertz CT molecular complexity index is 766. The monoisotopic (exact) mass is 709 g/mol. The molecule has 0 aromatic heterocycles. The maximum absolute atomic E-state index is 12.7. The molecule has 0 N–H and O–H groups in total. The van der Waals surface area contributed by atoms with Gasteiger partial charge in [0.15, 0.2) is 6.10 Å². The molecule has 0 saturated carbocycles. The molecule has 0 radical (unpaired) electrons. The van der Waals surface area contributed by atoms with Crippen LogP contribution in [0.2, 0.25) is 0 Å². The van der Waals surface area contributed by atoms with E-state index in [1.165, 1.54) is 122 Å². The number of esters is 3. The van der Waals surface area contributed by atoms with Gasteiger partial charge in [-0.1, -0.05) is 195 Å². The first-order chi connectivity index (χ1) is 24.3. The SMILES string of the molecule is CCCCCCCCCCCC(=O)OC[C@H](COC(=O)CCCCCCCCCCC(C)CC)OC(=O)CCCCCCCCCCC(C)C. The number of hydrogen-bond acceptors (Lipinski definition) is 6. The van der Waals surface area contributed by atoms with Crippen molar-refractivity contribution in [2.75, 3.05) is 13.2 Å². The van der Waals surface area contributed by atoms with E-state index >= 15 is 0 Å². The van der Waals surface area contributed by atoms with E-state index in [1.807, 2.05) is 0 Å². The Kier molecular flexibility index (Phi) is 36.0. The normalized spacial score (nSPS) is 12.6. The predicted molar refractivity (Wildman–Crippen MR) is 210 cm³/mol.